The predicted octanol–water partition coefficient (Wildman–Crippen LogP) is 2.14. The Hall–Kier alpha value is -1.30. The van der Waals surface area contributed by atoms with Crippen LogP contribution in [0.5, 0.6) is 5.75 Å². The Balaban J connectivity index is 0.00000264. The summed E-state index contributed by atoms with van der Waals surface area (Å²) in [6.45, 7) is 5.22. The number of nitrogens with one attached hydrogen (secondary N) is 2. The second-order valence-corrected chi connectivity index (χ2v) is 5.69. The Labute approximate surface area is 144 Å². The number of para-hydroxylation sites is 1. The lowest BCUT2D eigenvalue weighted by Gasteiger charge is -2.35. The molecule has 6 heteroatoms. The highest BCUT2D eigenvalue weighted by Crippen LogP contribution is 2.29. The maximum atomic E-state index is 12.7. The Morgan fingerprint density at radius 1 is 1.30 bits per heavy atom. The molecule has 1 heterocycles. The number of halogens is 1. The van der Waals surface area contributed by atoms with Crippen molar-refractivity contribution in [3.8, 4) is 5.75 Å². The summed E-state index contributed by atoms with van der Waals surface area (Å²) in [7, 11) is 1.65. The fraction of sp³-hybridized carbons (Fsp3) is 0.588. The minimum Gasteiger partial charge on any atom is -0.494 e. The molecule has 2 N–H and O–H groups in total. The van der Waals surface area contributed by atoms with E-state index in [2.05, 4.69) is 10.6 Å². The van der Waals surface area contributed by atoms with E-state index in [0.29, 0.717) is 19.8 Å². The molecule has 0 spiro atoms. The lowest BCUT2D eigenvalue weighted by Crippen LogP contribution is -2.50. The molecule has 0 radical (unpaired) electrons. The average molecular weight is 343 g/mol. The number of hydrogen-bond acceptors (Lipinski definition) is 4. The van der Waals surface area contributed by atoms with Gasteiger partial charge in [-0.3, -0.25) is 4.79 Å². The number of benzene rings is 1. The number of hydrogen-bond donors (Lipinski definition) is 2. The van der Waals surface area contributed by atoms with Crippen molar-refractivity contribution in [2.45, 2.75) is 26.3 Å². The van der Waals surface area contributed by atoms with Gasteiger partial charge in [-0.25, -0.2) is 0 Å². The van der Waals surface area contributed by atoms with Crippen molar-refractivity contribution < 1.29 is 14.3 Å². The highest BCUT2D eigenvalue weighted by atomic mass is 35.5. The first-order valence-electron chi connectivity index (χ1n) is 7.90. The molecule has 1 fully saturated rings. The largest absolute Gasteiger partial charge is 0.494 e. The maximum absolute atomic E-state index is 12.7. The van der Waals surface area contributed by atoms with Crippen molar-refractivity contribution in [2.24, 2.45) is 5.41 Å². The highest BCUT2D eigenvalue weighted by Gasteiger charge is 2.39. The minimum absolute atomic E-state index is 0. The fourth-order valence-corrected chi connectivity index (χ4v) is 2.93. The standard InChI is InChI=1S/C17H26N2O3.ClH/c1-3-22-15-7-5-4-6-14(15)12-19-16(20)17(13-21-2)8-10-18-11-9-17;/h4-7,18H,3,8-13H2,1-2H3,(H,19,20);1H. The summed E-state index contributed by atoms with van der Waals surface area (Å²) >= 11 is 0. The Morgan fingerprint density at radius 3 is 2.65 bits per heavy atom. The van der Waals surface area contributed by atoms with E-state index in [1.54, 1.807) is 7.11 Å². The van der Waals surface area contributed by atoms with E-state index in [9.17, 15) is 4.79 Å². The van der Waals surface area contributed by atoms with Crippen LogP contribution in [0.25, 0.3) is 0 Å². The first-order valence-corrected chi connectivity index (χ1v) is 7.90. The Bertz CT molecular complexity index is 485. The summed E-state index contributed by atoms with van der Waals surface area (Å²) in [5.41, 5.74) is 0.583. The normalized spacial score (nSPS) is 16.3. The van der Waals surface area contributed by atoms with Crippen molar-refractivity contribution in [1.82, 2.24) is 10.6 Å². The van der Waals surface area contributed by atoms with Gasteiger partial charge < -0.3 is 20.1 Å². The molecule has 1 aromatic rings. The zero-order valence-electron chi connectivity index (χ0n) is 13.9. The van der Waals surface area contributed by atoms with Gasteiger partial charge in [0, 0.05) is 19.2 Å². The van der Waals surface area contributed by atoms with E-state index in [1.165, 1.54) is 0 Å². The number of amides is 1. The highest BCUT2D eigenvalue weighted by molar-refractivity contribution is 5.85. The molecule has 1 aliphatic rings. The van der Waals surface area contributed by atoms with Gasteiger partial charge in [0.2, 0.25) is 5.91 Å². The average Bonchev–Trinajstić information content (AvgIpc) is 2.55. The van der Waals surface area contributed by atoms with Gasteiger partial charge in [0.05, 0.1) is 18.6 Å². The van der Waals surface area contributed by atoms with Crippen LogP contribution in [0.2, 0.25) is 0 Å². The molecule has 2 rings (SSSR count). The SMILES string of the molecule is CCOc1ccccc1CNC(=O)C1(COC)CCNCC1.Cl. The summed E-state index contributed by atoms with van der Waals surface area (Å²) in [6.07, 6.45) is 1.61. The van der Waals surface area contributed by atoms with Crippen LogP contribution in [0.3, 0.4) is 0 Å². The van der Waals surface area contributed by atoms with Gasteiger partial charge in [0.25, 0.3) is 0 Å². The number of carbonyl (C=O) groups excluding carboxylic acids is 1. The zero-order valence-corrected chi connectivity index (χ0v) is 14.7. The number of methoxy groups -OCH3 is 1. The van der Waals surface area contributed by atoms with Gasteiger partial charge in [0.1, 0.15) is 5.75 Å². The summed E-state index contributed by atoms with van der Waals surface area (Å²) in [6, 6.07) is 7.81. The van der Waals surface area contributed by atoms with Crippen LogP contribution >= 0.6 is 12.4 Å². The van der Waals surface area contributed by atoms with Gasteiger partial charge in [-0.1, -0.05) is 18.2 Å². The summed E-state index contributed by atoms with van der Waals surface area (Å²) in [4.78, 5) is 12.7. The molecule has 0 saturated carbocycles. The molecule has 0 unspecified atom stereocenters. The molecule has 0 bridgehead atoms. The summed E-state index contributed by atoms with van der Waals surface area (Å²) in [5.74, 6) is 0.901. The van der Waals surface area contributed by atoms with Gasteiger partial charge in [-0.2, -0.15) is 0 Å². The summed E-state index contributed by atoms with van der Waals surface area (Å²) in [5, 5.41) is 6.36. The quantitative estimate of drug-likeness (QED) is 0.797. The topological polar surface area (TPSA) is 59.6 Å². The van der Waals surface area contributed by atoms with Gasteiger partial charge in [-0.05, 0) is 38.9 Å². The molecule has 0 atom stereocenters. The van der Waals surface area contributed by atoms with Crippen molar-refractivity contribution >= 4 is 18.3 Å². The molecule has 23 heavy (non-hydrogen) atoms. The van der Waals surface area contributed by atoms with Crippen LogP contribution in [0.4, 0.5) is 0 Å². The van der Waals surface area contributed by atoms with Crippen molar-refractivity contribution in [1.29, 1.82) is 0 Å². The van der Waals surface area contributed by atoms with E-state index in [-0.39, 0.29) is 18.3 Å². The van der Waals surface area contributed by atoms with E-state index in [4.69, 9.17) is 9.47 Å². The van der Waals surface area contributed by atoms with Crippen LogP contribution in [-0.4, -0.2) is 39.3 Å². The molecule has 5 nitrogen and oxygen atoms in total. The van der Waals surface area contributed by atoms with Crippen LogP contribution in [-0.2, 0) is 16.1 Å². The van der Waals surface area contributed by atoms with Gasteiger partial charge in [-0.15, -0.1) is 12.4 Å². The van der Waals surface area contributed by atoms with Crippen molar-refractivity contribution in [3.63, 3.8) is 0 Å². The van der Waals surface area contributed by atoms with Crippen LogP contribution in [0.1, 0.15) is 25.3 Å². The lowest BCUT2D eigenvalue weighted by molar-refractivity contribution is -0.136. The van der Waals surface area contributed by atoms with E-state index in [1.807, 2.05) is 31.2 Å². The number of carbonyl (C=O) groups is 1. The third kappa shape index (κ3) is 5.09. The zero-order chi connectivity index (χ0) is 15.8. The first kappa shape index (κ1) is 19.7. The van der Waals surface area contributed by atoms with E-state index < -0.39 is 5.41 Å². The number of rotatable bonds is 7. The number of ether oxygens (including phenoxy) is 2. The second-order valence-electron chi connectivity index (χ2n) is 5.69. The number of piperidine rings is 1. The Kier molecular flexibility index (Phi) is 8.37. The molecular weight excluding hydrogens is 316 g/mol. The van der Waals surface area contributed by atoms with Crippen LogP contribution < -0.4 is 15.4 Å². The third-order valence-electron chi connectivity index (χ3n) is 4.17. The van der Waals surface area contributed by atoms with Gasteiger partial charge in [0.15, 0.2) is 0 Å². The predicted molar refractivity (Wildman–Crippen MR) is 93.1 cm³/mol. The van der Waals surface area contributed by atoms with E-state index >= 15 is 0 Å². The van der Waals surface area contributed by atoms with Crippen molar-refractivity contribution in [3.05, 3.63) is 29.8 Å². The molecule has 0 aliphatic carbocycles. The monoisotopic (exact) mass is 342 g/mol. The van der Waals surface area contributed by atoms with E-state index in [0.717, 1.165) is 37.2 Å². The molecule has 1 aliphatic heterocycles. The molecule has 1 aromatic carbocycles. The maximum Gasteiger partial charge on any atom is 0.228 e. The molecule has 1 saturated heterocycles. The molecular formula is C17H27ClN2O3. The first-order chi connectivity index (χ1) is 10.7. The second kappa shape index (κ2) is 9.75. The van der Waals surface area contributed by atoms with Gasteiger partial charge >= 0.3 is 0 Å². The smallest absolute Gasteiger partial charge is 0.228 e. The summed E-state index contributed by atoms with van der Waals surface area (Å²) < 4.78 is 10.9. The molecule has 1 amide bonds. The van der Waals surface area contributed by atoms with Crippen molar-refractivity contribution in [2.75, 3.05) is 33.4 Å². The van der Waals surface area contributed by atoms with Crippen LogP contribution in [0, 0.1) is 5.41 Å². The minimum atomic E-state index is -0.416. The molecule has 130 valence electrons. The van der Waals surface area contributed by atoms with Crippen LogP contribution in [0.15, 0.2) is 24.3 Å². The lowest BCUT2D eigenvalue weighted by atomic mass is 9.78. The third-order valence-corrected chi connectivity index (χ3v) is 4.17. The Morgan fingerprint density at radius 2 is 2.00 bits per heavy atom. The fourth-order valence-electron chi connectivity index (χ4n) is 2.93. The molecule has 0 aromatic heterocycles.